The maximum Gasteiger partial charge on any atom is 0.338 e. The van der Waals surface area contributed by atoms with Crippen LogP contribution in [-0.2, 0) is 9.47 Å². The third-order valence-electron chi connectivity index (χ3n) is 6.15. The van der Waals surface area contributed by atoms with Gasteiger partial charge >= 0.3 is 11.9 Å². The highest BCUT2D eigenvalue weighted by molar-refractivity contribution is 5.95. The monoisotopic (exact) mass is 474 g/mol. The summed E-state index contributed by atoms with van der Waals surface area (Å²) >= 11 is 0. The summed E-state index contributed by atoms with van der Waals surface area (Å²) in [5, 5.41) is 0. The van der Waals surface area contributed by atoms with Gasteiger partial charge in [-0.15, -0.1) is 0 Å². The van der Waals surface area contributed by atoms with Crippen molar-refractivity contribution in [3.8, 4) is 0 Å². The molecule has 0 unspecified atom stereocenters. The van der Waals surface area contributed by atoms with Crippen molar-refractivity contribution in [2.24, 2.45) is 11.8 Å². The van der Waals surface area contributed by atoms with Gasteiger partial charge in [-0.2, -0.15) is 0 Å². The molecule has 0 bridgehead atoms. The van der Waals surface area contributed by atoms with Crippen molar-refractivity contribution >= 4 is 11.9 Å². The summed E-state index contributed by atoms with van der Waals surface area (Å²) in [5.41, 5.74) is 0.814. The molecule has 0 aliphatic heterocycles. The Bertz CT molecular complexity index is 612. The van der Waals surface area contributed by atoms with Crippen molar-refractivity contribution in [1.82, 2.24) is 0 Å². The molecule has 0 atom stereocenters. The zero-order valence-electron chi connectivity index (χ0n) is 22.4. The Morgan fingerprint density at radius 3 is 1.32 bits per heavy atom. The molecule has 0 radical (unpaired) electrons. The average Bonchev–Trinajstić information content (AvgIpc) is 2.81. The average molecular weight is 475 g/mol. The quantitative estimate of drug-likeness (QED) is 0.140. The summed E-state index contributed by atoms with van der Waals surface area (Å²) in [6, 6.07) is 6.66. The zero-order chi connectivity index (χ0) is 25.0. The number of unbranched alkanes of at least 4 members (excludes halogenated alkanes) is 10. The lowest BCUT2D eigenvalue weighted by molar-refractivity contribution is 0.0496. The molecular weight excluding hydrogens is 424 g/mol. The van der Waals surface area contributed by atoms with Crippen LogP contribution in [0, 0.1) is 11.8 Å². The molecule has 4 heteroatoms. The van der Waals surface area contributed by atoms with Crippen molar-refractivity contribution in [2.75, 3.05) is 13.2 Å². The number of benzene rings is 1. The molecule has 0 amide bonds. The minimum absolute atomic E-state index is 0.371. The van der Waals surface area contributed by atoms with Crippen LogP contribution in [0.1, 0.15) is 138 Å². The van der Waals surface area contributed by atoms with E-state index in [2.05, 4.69) is 27.7 Å². The summed E-state index contributed by atoms with van der Waals surface area (Å²) in [5.74, 6) is 0.839. The first-order chi connectivity index (χ1) is 16.4. The highest BCUT2D eigenvalue weighted by Gasteiger charge is 2.12. The van der Waals surface area contributed by atoms with Crippen LogP contribution in [0.3, 0.4) is 0 Å². The van der Waals surface area contributed by atoms with Gasteiger partial charge in [0.2, 0.25) is 0 Å². The van der Waals surface area contributed by atoms with Gasteiger partial charge in [-0.1, -0.05) is 111 Å². The lowest BCUT2D eigenvalue weighted by Crippen LogP contribution is -2.10. The van der Waals surface area contributed by atoms with Gasteiger partial charge in [0, 0.05) is 0 Å². The SMILES string of the molecule is CC(C)CCCCCCCCOC(=O)c1cccc(C(=O)OCCCCCCCCC(C)C)c1. The van der Waals surface area contributed by atoms with Crippen LogP contribution in [0.5, 0.6) is 0 Å². The van der Waals surface area contributed by atoms with Gasteiger partial charge in [0.1, 0.15) is 0 Å². The van der Waals surface area contributed by atoms with E-state index in [0.29, 0.717) is 24.3 Å². The second-order valence-corrected chi connectivity index (χ2v) is 10.5. The number of ether oxygens (including phenoxy) is 2. The van der Waals surface area contributed by atoms with E-state index in [1.165, 1.54) is 64.2 Å². The van der Waals surface area contributed by atoms with Crippen LogP contribution >= 0.6 is 0 Å². The number of carbonyl (C=O) groups is 2. The minimum Gasteiger partial charge on any atom is -0.462 e. The Hall–Kier alpha value is -1.84. The predicted molar refractivity (Wildman–Crippen MR) is 141 cm³/mol. The van der Waals surface area contributed by atoms with Crippen molar-refractivity contribution < 1.29 is 19.1 Å². The van der Waals surface area contributed by atoms with E-state index in [1.54, 1.807) is 24.3 Å². The number of hydrogen-bond donors (Lipinski definition) is 0. The molecular formula is C30H50O4. The summed E-state index contributed by atoms with van der Waals surface area (Å²) in [7, 11) is 0. The van der Waals surface area contributed by atoms with E-state index in [4.69, 9.17) is 9.47 Å². The van der Waals surface area contributed by atoms with Crippen molar-refractivity contribution in [3.05, 3.63) is 35.4 Å². The second kappa shape index (κ2) is 19.5. The van der Waals surface area contributed by atoms with E-state index in [-0.39, 0.29) is 11.9 Å². The van der Waals surface area contributed by atoms with Crippen LogP contribution in [0.25, 0.3) is 0 Å². The number of hydrogen-bond acceptors (Lipinski definition) is 4. The molecule has 1 rings (SSSR count). The van der Waals surface area contributed by atoms with Gasteiger partial charge in [-0.25, -0.2) is 9.59 Å². The fourth-order valence-electron chi connectivity index (χ4n) is 3.99. The lowest BCUT2D eigenvalue weighted by Gasteiger charge is -2.08. The largest absolute Gasteiger partial charge is 0.462 e. The molecule has 0 spiro atoms. The summed E-state index contributed by atoms with van der Waals surface area (Å²) in [6.07, 6.45) is 16.6. The van der Waals surface area contributed by atoms with Crippen molar-refractivity contribution in [2.45, 2.75) is 118 Å². The highest BCUT2D eigenvalue weighted by Crippen LogP contribution is 2.14. The van der Waals surface area contributed by atoms with Crippen LogP contribution in [-0.4, -0.2) is 25.2 Å². The lowest BCUT2D eigenvalue weighted by atomic mass is 10.0. The number of carbonyl (C=O) groups excluding carboxylic acids is 2. The molecule has 194 valence electrons. The van der Waals surface area contributed by atoms with Gasteiger partial charge in [0.25, 0.3) is 0 Å². The molecule has 0 N–H and O–H groups in total. The Labute approximate surface area is 209 Å². The van der Waals surface area contributed by atoms with Gasteiger partial charge < -0.3 is 9.47 Å². The van der Waals surface area contributed by atoms with Crippen LogP contribution < -0.4 is 0 Å². The predicted octanol–water partition coefficient (Wildman–Crippen LogP) is 8.77. The molecule has 0 aromatic heterocycles. The molecule has 1 aromatic rings. The van der Waals surface area contributed by atoms with Crippen molar-refractivity contribution in [3.63, 3.8) is 0 Å². The fraction of sp³-hybridized carbons (Fsp3) is 0.733. The molecule has 0 aliphatic carbocycles. The van der Waals surface area contributed by atoms with Crippen molar-refractivity contribution in [1.29, 1.82) is 0 Å². The minimum atomic E-state index is -0.371. The standard InChI is InChI=1S/C30H50O4/c1-25(2)18-13-9-5-7-11-15-22-33-29(31)27-20-17-21-28(24-27)30(32)34-23-16-12-8-6-10-14-19-26(3)4/h17,20-21,24-26H,5-16,18-19,22-23H2,1-4H3. The zero-order valence-corrected chi connectivity index (χ0v) is 22.4. The van der Waals surface area contributed by atoms with Gasteiger partial charge in [0.15, 0.2) is 0 Å². The molecule has 34 heavy (non-hydrogen) atoms. The van der Waals surface area contributed by atoms with Crippen LogP contribution in [0.15, 0.2) is 24.3 Å². The number of esters is 2. The van der Waals surface area contributed by atoms with E-state index in [1.807, 2.05) is 0 Å². The van der Waals surface area contributed by atoms with Crippen LogP contribution in [0.4, 0.5) is 0 Å². The molecule has 0 aliphatic rings. The fourth-order valence-corrected chi connectivity index (χ4v) is 3.99. The Morgan fingerprint density at radius 2 is 0.941 bits per heavy atom. The maximum atomic E-state index is 12.3. The second-order valence-electron chi connectivity index (χ2n) is 10.5. The first-order valence-electron chi connectivity index (χ1n) is 13.8. The maximum absolute atomic E-state index is 12.3. The Balaban J connectivity index is 2.15. The summed E-state index contributed by atoms with van der Waals surface area (Å²) < 4.78 is 10.8. The third-order valence-corrected chi connectivity index (χ3v) is 6.15. The summed E-state index contributed by atoms with van der Waals surface area (Å²) in [6.45, 7) is 9.93. The first kappa shape index (κ1) is 30.2. The van der Waals surface area contributed by atoms with Gasteiger partial charge in [-0.05, 0) is 42.9 Å². The van der Waals surface area contributed by atoms with E-state index < -0.39 is 0 Å². The molecule has 0 saturated carbocycles. The van der Waals surface area contributed by atoms with Gasteiger partial charge in [-0.3, -0.25) is 0 Å². The molecule has 0 fully saturated rings. The van der Waals surface area contributed by atoms with E-state index in [0.717, 1.165) is 37.5 Å². The molecule has 0 saturated heterocycles. The summed E-state index contributed by atoms with van der Waals surface area (Å²) in [4.78, 5) is 24.7. The first-order valence-corrected chi connectivity index (χ1v) is 13.8. The third kappa shape index (κ3) is 15.9. The van der Waals surface area contributed by atoms with E-state index in [9.17, 15) is 9.59 Å². The smallest absolute Gasteiger partial charge is 0.338 e. The van der Waals surface area contributed by atoms with E-state index >= 15 is 0 Å². The molecule has 0 heterocycles. The Kier molecular flexibility index (Phi) is 17.3. The molecule has 1 aromatic carbocycles. The highest BCUT2D eigenvalue weighted by atomic mass is 16.5. The Morgan fingerprint density at radius 1 is 0.588 bits per heavy atom. The molecule has 4 nitrogen and oxygen atoms in total. The normalized spacial score (nSPS) is 11.2. The number of rotatable bonds is 20. The van der Waals surface area contributed by atoms with Crippen LogP contribution in [0.2, 0.25) is 0 Å². The topological polar surface area (TPSA) is 52.6 Å². The van der Waals surface area contributed by atoms with Gasteiger partial charge in [0.05, 0.1) is 24.3 Å².